The van der Waals surface area contributed by atoms with Gasteiger partial charge in [-0.25, -0.2) is 6.57 Å². The van der Waals surface area contributed by atoms with Crippen molar-refractivity contribution in [2.24, 2.45) is 0 Å². The van der Waals surface area contributed by atoms with E-state index >= 15 is 0 Å². The Morgan fingerprint density at radius 1 is 1.05 bits per heavy atom. The molecular weight excluding hydrogens is 238 g/mol. The van der Waals surface area contributed by atoms with Crippen molar-refractivity contribution < 1.29 is 4.79 Å². The van der Waals surface area contributed by atoms with Crippen LogP contribution in [0.4, 0.5) is 17.1 Å². The minimum absolute atomic E-state index is 0.181. The van der Waals surface area contributed by atoms with Crippen molar-refractivity contribution in [3.8, 4) is 0 Å². The zero-order valence-corrected chi connectivity index (χ0v) is 10.3. The topological polar surface area (TPSA) is 50.7 Å². The fraction of sp³-hybridized carbons (Fsp3) is 0.0667. The number of nitrogen functional groups attached to an aromatic ring is 1. The lowest BCUT2D eigenvalue weighted by Crippen LogP contribution is -2.27. The number of carbonyl (C=O) groups is 1. The van der Waals surface area contributed by atoms with E-state index in [4.69, 9.17) is 12.3 Å². The molecule has 0 aliphatic rings. The zero-order chi connectivity index (χ0) is 13.7. The number of anilines is 3. The van der Waals surface area contributed by atoms with Gasteiger partial charge in [-0.1, -0.05) is 18.2 Å². The number of amides is 1. The summed E-state index contributed by atoms with van der Waals surface area (Å²) in [7, 11) is 0. The monoisotopic (exact) mass is 251 g/mol. The van der Waals surface area contributed by atoms with Crippen LogP contribution in [0.2, 0.25) is 0 Å². The first kappa shape index (κ1) is 12.7. The van der Waals surface area contributed by atoms with Crippen LogP contribution in [0.3, 0.4) is 0 Å². The maximum absolute atomic E-state index is 12.1. The average molecular weight is 251 g/mol. The largest absolute Gasteiger partial charge is 0.399 e. The lowest BCUT2D eigenvalue weighted by molar-refractivity contribution is -0.116. The van der Waals surface area contributed by atoms with Crippen molar-refractivity contribution in [1.29, 1.82) is 0 Å². The molecule has 2 rings (SSSR count). The van der Waals surface area contributed by atoms with Crippen molar-refractivity contribution in [2.75, 3.05) is 17.2 Å². The van der Waals surface area contributed by atoms with E-state index in [1.165, 1.54) is 4.90 Å². The Balaban J connectivity index is 2.43. The standard InChI is InChI=1S/C15H13N3O/c1-17-11-15(19)18(13-5-3-2-4-6-13)14-9-7-12(16)8-10-14/h2-10H,11,16H2. The summed E-state index contributed by atoms with van der Waals surface area (Å²) in [5, 5.41) is 0. The third-order valence-corrected chi connectivity index (χ3v) is 2.63. The number of hydrogen-bond acceptors (Lipinski definition) is 2. The van der Waals surface area contributed by atoms with E-state index in [0.29, 0.717) is 11.4 Å². The molecule has 2 N–H and O–H groups in total. The van der Waals surface area contributed by atoms with Gasteiger partial charge in [-0.15, -0.1) is 0 Å². The van der Waals surface area contributed by atoms with Gasteiger partial charge in [-0.2, -0.15) is 0 Å². The fourth-order valence-electron chi connectivity index (χ4n) is 1.78. The molecule has 4 nitrogen and oxygen atoms in total. The SMILES string of the molecule is [C-]#[N+]CC(=O)N(c1ccccc1)c1ccc(N)cc1. The number of para-hydroxylation sites is 1. The highest BCUT2D eigenvalue weighted by atomic mass is 16.2. The average Bonchev–Trinajstić information content (AvgIpc) is 2.43. The van der Waals surface area contributed by atoms with E-state index in [0.717, 1.165) is 5.69 Å². The van der Waals surface area contributed by atoms with Gasteiger partial charge < -0.3 is 10.6 Å². The molecule has 94 valence electrons. The van der Waals surface area contributed by atoms with Crippen LogP contribution in [0.5, 0.6) is 0 Å². The highest BCUT2D eigenvalue weighted by Crippen LogP contribution is 2.26. The second-order valence-electron chi connectivity index (χ2n) is 3.97. The van der Waals surface area contributed by atoms with Crippen LogP contribution in [0.15, 0.2) is 54.6 Å². The van der Waals surface area contributed by atoms with Crippen molar-refractivity contribution in [1.82, 2.24) is 0 Å². The molecule has 0 aromatic heterocycles. The summed E-state index contributed by atoms with van der Waals surface area (Å²) in [5.74, 6) is -0.258. The smallest absolute Gasteiger partial charge is 0.311 e. The number of nitrogens with zero attached hydrogens (tertiary/aromatic N) is 2. The van der Waals surface area contributed by atoms with Crippen molar-refractivity contribution in [2.45, 2.75) is 0 Å². The molecule has 0 saturated carbocycles. The molecule has 2 aromatic rings. The first-order valence-corrected chi connectivity index (χ1v) is 5.79. The molecular formula is C15H13N3O. The highest BCUT2D eigenvalue weighted by Gasteiger charge is 2.19. The van der Waals surface area contributed by atoms with Gasteiger partial charge in [0.05, 0.1) is 0 Å². The number of nitrogens with two attached hydrogens (primary N) is 1. The molecule has 2 aromatic carbocycles. The molecule has 4 heteroatoms. The molecule has 0 aliphatic heterocycles. The summed E-state index contributed by atoms with van der Waals surface area (Å²) in [6.45, 7) is 6.66. The van der Waals surface area contributed by atoms with Gasteiger partial charge in [0.25, 0.3) is 6.54 Å². The quantitative estimate of drug-likeness (QED) is 0.673. The number of rotatable bonds is 3. The Hall–Kier alpha value is -2.80. The van der Waals surface area contributed by atoms with Gasteiger partial charge in [0.2, 0.25) is 0 Å². The summed E-state index contributed by atoms with van der Waals surface area (Å²) < 4.78 is 0. The predicted octanol–water partition coefficient (Wildman–Crippen LogP) is 2.85. The molecule has 0 unspecified atom stereocenters. The van der Waals surface area contributed by atoms with Gasteiger partial charge in [-0.3, -0.25) is 9.69 Å². The number of benzene rings is 2. The van der Waals surface area contributed by atoms with Crippen LogP contribution in [0.25, 0.3) is 4.85 Å². The van der Waals surface area contributed by atoms with Gasteiger partial charge in [-0.05, 0) is 36.4 Å². The Labute approximate surface area is 111 Å². The maximum Gasteiger partial charge on any atom is 0.311 e. The van der Waals surface area contributed by atoms with E-state index in [1.54, 1.807) is 24.3 Å². The van der Waals surface area contributed by atoms with E-state index < -0.39 is 0 Å². The third-order valence-electron chi connectivity index (χ3n) is 2.63. The van der Waals surface area contributed by atoms with Crippen molar-refractivity contribution >= 4 is 23.0 Å². The molecule has 19 heavy (non-hydrogen) atoms. The summed E-state index contributed by atoms with van der Waals surface area (Å²) >= 11 is 0. The Bertz CT molecular complexity index is 600. The van der Waals surface area contributed by atoms with Crippen molar-refractivity contribution in [3.63, 3.8) is 0 Å². The molecule has 0 aliphatic carbocycles. The lowest BCUT2D eigenvalue weighted by atomic mass is 10.2. The zero-order valence-electron chi connectivity index (χ0n) is 10.3. The van der Waals surface area contributed by atoms with Crippen molar-refractivity contribution in [3.05, 3.63) is 66.0 Å². The first-order valence-electron chi connectivity index (χ1n) is 5.79. The summed E-state index contributed by atoms with van der Waals surface area (Å²) in [6.07, 6.45) is 0. The Kier molecular flexibility index (Phi) is 3.79. The lowest BCUT2D eigenvalue weighted by Gasteiger charge is -2.20. The Morgan fingerprint density at radius 3 is 2.21 bits per heavy atom. The van der Waals surface area contributed by atoms with E-state index in [9.17, 15) is 4.79 Å². The molecule has 1 amide bonds. The molecule has 0 fully saturated rings. The van der Waals surface area contributed by atoms with Crippen LogP contribution in [0.1, 0.15) is 0 Å². The number of carbonyl (C=O) groups excluding carboxylic acids is 1. The fourth-order valence-corrected chi connectivity index (χ4v) is 1.78. The van der Waals surface area contributed by atoms with Crippen LogP contribution < -0.4 is 10.6 Å². The van der Waals surface area contributed by atoms with Gasteiger partial charge in [0.15, 0.2) is 0 Å². The van der Waals surface area contributed by atoms with Gasteiger partial charge in [0, 0.05) is 17.1 Å². The summed E-state index contributed by atoms with van der Waals surface area (Å²) in [4.78, 5) is 16.8. The Morgan fingerprint density at radius 2 is 1.63 bits per heavy atom. The second kappa shape index (κ2) is 5.69. The van der Waals surface area contributed by atoms with Crippen LogP contribution in [-0.4, -0.2) is 12.5 Å². The molecule has 0 spiro atoms. The molecule has 0 saturated heterocycles. The number of hydrogen-bond donors (Lipinski definition) is 1. The minimum Gasteiger partial charge on any atom is -0.399 e. The normalized spacial score (nSPS) is 9.63. The third kappa shape index (κ3) is 2.90. The molecule has 0 heterocycles. The van der Waals surface area contributed by atoms with Gasteiger partial charge >= 0.3 is 5.91 Å². The molecule has 0 atom stereocenters. The summed E-state index contributed by atoms with van der Waals surface area (Å²) in [6, 6.07) is 16.2. The van der Waals surface area contributed by atoms with Crippen LogP contribution in [-0.2, 0) is 4.79 Å². The highest BCUT2D eigenvalue weighted by molar-refractivity contribution is 6.02. The maximum atomic E-state index is 12.1. The predicted molar refractivity (Wildman–Crippen MR) is 75.9 cm³/mol. The van der Waals surface area contributed by atoms with Gasteiger partial charge in [0.1, 0.15) is 0 Å². The summed E-state index contributed by atoms with van der Waals surface area (Å²) in [5.41, 5.74) is 7.72. The van der Waals surface area contributed by atoms with E-state index in [2.05, 4.69) is 4.85 Å². The second-order valence-corrected chi connectivity index (χ2v) is 3.97. The minimum atomic E-state index is -0.258. The first-order chi connectivity index (χ1) is 9.22. The van der Waals surface area contributed by atoms with E-state index in [-0.39, 0.29) is 12.5 Å². The molecule has 0 radical (unpaired) electrons. The van der Waals surface area contributed by atoms with Crippen LogP contribution in [0, 0.1) is 6.57 Å². The van der Waals surface area contributed by atoms with E-state index in [1.807, 2.05) is 30.3 Å². The van der Waals surface area contributed by atoms with Crippen LogP contribution >= 0.6 is 0 Å². The molecule has 0 bridgehead atoms.